The molecule has 0 aromatic heterocycles. The van der Waals surface area contributed by atoms with Crippen LogP contribution in [0.4, 0.5) is 10.5 Å². The predicted octanol–water partition coefficient (Wildman–Crippen LogP) is 2.39. The summed E-state index contributed by atoms with van der Waals surface area (Å²) in [5, 5.41) is 5.61. The van der Waals surface area contributed by atoms with Gasteiger partial charge < -0.3 is 20.3 Å². The van der Waals surface area contributed by atoms with Crippen molar-refractivity contribution in [2.45, 2.75) is 39.2 Å². The molecule has 7 nitrogen and oxygen atoms in total. The van der Waals surface area contributed by atoms with Crippen LogP contribution in [-0.4, -0.2) is 48.5 Å². The first-order valence-electron chi connectivity index (χ1n) is 9.04. The maximum Gasteiger partial charge on any atom is 0.321 e. The van der Waals surface area contributed by atoms with Gasteiger partial charge >= 0.3 is 12.0 Å². The normalized spacial score (nSPS) is 16.9. The average Bonchev–Trinajstić information content (AvgIpc) is 2.62. The molecule has 1 aromatic rings. The summed E-state index contributed by atoms with van der Waals surface area (Å²) in [5.74, 6) is -0.709. The Morgan fingerprint density at radius 2 is 1.96 bits per heavy atom. The Labute approximate surface area is 154 Å². The van der Waals surface area contributed by atoms with Crippen molar-refractivity contribution in [3.8, 4) is 0 Å². The fourth-order valence-electron chi connectivity index (χ4n) is 2.85. The molecule has 0 unspecified atom stereocenters. The summed E-state index contributed by atoms with van der Waals surface area (Å²) < 4.78 is 5.03. The lowest BCUT2D eigenvalue weighted by Crippen LogP contribution is -2.47. The highest BCUT2D eigenvalue weighted by atomic mass is 16.5. The van der Waals surface area contributed by atoms with Crippen LogP contribution in [0.2, 0.25) is 0 Å². The number of likely N-dealkylation sites (tertiary alicyclic amines) is 1. The van der Waals surface area contributed by atoms with Crippen molar-refractivity contribution in [1.29, 1.82) is 0 Å². The third-order valence-corrected chi connectivity index (χ3v) is 4.10. The number of esters is 1. The number of benzene rings is 1. The average molecular weight is 361 g/mol. The molecule has 1 aromatic carbocycles. The zero-order chi connectivity index (χ0) is 18.9. The smallest absolute Gasteiger partial charge is 0.321 e. The molecule has 26 heavy (non-hydrogen) atoms. The quantitative estimate of drug-likeness (QED) is 0.762. The second-order valence-corrected chi connectivity index (χ2v) is 6.66. The second-order valence-electron chi connectivity index (χ2n) is 6.66. The molecule has 1 fully saturated rings. The minimum absolute atomic E-state index is 0.125. The van der Waals surface area contributed by atoms with Gasteiger partial charge in [-0.3, -0.25) is 9.59 Å². The Morgan fingerprint density at radius 3 is 2.65 bits per heavy atom. The van der Waals surface area contributed by atoms with Gasteiger partial charge in [-0.25, -0.2) is 4.79 Å². The highest BCUT2D eigenvalue weighted by Crippen LogP contribution is 2.18. The monoisotopic (exact) mass is 361 g/mol. The third-order valence-electron chi connectivity index (χ3n) is 4.10. The molecule has 2 rings (SSSR count). The molecule has 0 spiro atoms. The predicted molar refractivity (Wildman–Crippen MR) is 98.6 cm³/mol. The number of para-hydroxylation sites is 1. The lowest BCUT2D eigenvalue weighted by atomic mass is 9.97. The van der Waals surface area contributed by atoms with Crippen LogP contribution in [0, 0.1) is 5.92 Å². The minimum Gasteiger partial charge on any atom is -0.463 e. The van der Waals surface area contributed by atoms with E-state index in [1.54, 1.807) is 18.7 Å². The summed E-state index contributed by atoms with van der Waals surface area (Å²) in [6.45, 7) is 4.82. The number of hydrogen-bond acceptors (Lipinski definition) is 4. The molecular weight excluding hydrogens is 334 g/mol. The zero-order valence-electron chi connectivity index (χ0n) is 15.4. The molecule has 1 atom stereocenters. The van der Waals surface area contributed by atoms with Gasteiger partial charge in [0.1, 0.15) is 0 Å². The molecule has 0 radical (unpaired) electrons. The lowest BCUT2D eigenvalue weighted by molar-refractivity contribution is -0.147. The lowest BCUT2D eigenvalue weighted by Gasteiger charge is -2.32. The molecule has 0 bridgehead atoms. The summed E-state index contributed by atoms with van der Waals surface area (Å²) in [5.41, 5.74) is 0.729. The fourth-order valence-corrected chi connectivity index (χ4v) is 2.85. The number of urea groups is 1. The van der Waals surface area contributed by atoms with Gasteiger partial charge in [-0.2, -0.15) is 0 Å². The van der Waals surface area contributed by atoms with Gasteiger partial charge in [-0.05, 0) is 38.8 Å². The van der Waals surface area contributed by atoms with E-state index in [9.17, 15) is 14.4 Å². The van der Waals surface area contributed by atoms with Gasteiger partial charge in [-0.15, -0.1) is 0 Å². The van der Waals surface area contributed by atoms with Crippen molar-refractivity contribution in [1.82, 2.24) is 10.2 Å². The van der Waals surface area contributed by atoms with Crippen LogP contribution in [-0.2, 0) is 14.3 Å². The number of ether oxygens (including phenoxy) is 1. The van der Waals surface area contributed by atoms with Crippen LogP contribution in [0.25, 0.3) is 0 Å². The van der Waals surface area contributed by atoms with Crippen LogP contribution in [0.15, 0.2) is 30.3 Å². The Morgan fingerprint density at radius 1 is 1.23 bits per heavy atom. The summed E-state index contributed by atoms with van der Waals surface area (Å²) in [6.07, 6.45) is 1.50. The first-order chi connectivity index (χ1) is 12.5. The first kappa shape index (κ1) is 19.8. The van der Waals surface area contributed by atoms with Crippen molar-refractivity contribution < 1.29 is 19.1 Å². The van der Waals surface area contributed by atoms with Gasteiger partial charge in [0.15, 0.2) is 0 Å². The van der Waals surface area contributed by atoms with E-state index in [1.807, 2.05) is 30.3 Å². The number of anilines is 1. The third kappa shape index (κ3) is 6.38. The van der Waals surface area contributed by atoms with Crippen molar-refractivity contribution >= 4 is 23.6 Å². The topological polar surface area (TPSA) is 87.7 Å². The van der Waals surface area contributed by atoms with Gasteiger partial charge in [0, 0.05) is 25.3 Å². The largest absolute Gasteiger partial charge is 0.463 e. The van der Waals surface area contributed by atoms with E-state index >= 15 is 0 Å². The number of nitrogens with one attached hydrogen (secondary N) is 2. The number of nitrogens with zero attached hydrogens (tertiary/aromatic N) is 1. The standard InChI is InChI=1S/C19H27N3O4/c1-14(2)26-17(23)10-11-20-18(24)15-7-6-12-22(13-15)19(25)21-16-8-4-3-5-9-16/h3-5,8-9,14-15H,6-7,10-13H2,1-2H3,(H,20,24)(H,21,25)/t15-/m1/s1. The van der Waals surface area contributed by atoms with E-state index in [0.29, 0.717) is 13.1 Å². The summed E-state index contributed by atoms with van der Waals surface area (Å²) in [4.78, 5) is 37.8. The van der Waals surface area contributed by atoms with E-state index in [0.717, 1.165) is 18.5 Å². The van der Waals surface area contributed by atoms with Crippen LogP contribution in [0.3, 0.4) is 0 Å². The second kappa shape index (κ2) is 9.79. The Kier molecular flexibility index (Phi) is 7.44. The number of hydrogen-bond donors (Lipinski definition) is 2. The van der Waals surface area contributed by atoms with Crippen molar-refractivity contribution in [2.75, 3.05) is 25.0 Å². The van der Waals surface area contributed by atoms with Crippen LogP contribution in [0.1, 0.15) is 33.1 Å². The minimum atomic E-state index is -0.326. The molecule has 2 N–H and O–H groups in total. The van der Waals surface area contributed by atoms with E-state index < -0.39 is 0 Å². The molecule has 1 saturated heterocycles. The number of carbonyl (C=O) groups excluding carboxylic acids is 3. The molecule has 1 heterocycles. The number of carbonyl (C=O) groups is 3. The summed E-state index contributed by atoms with van der Waals surface area (Å²) >= 11 is 0. The summed E-state index contributed by atoms with van der Waals surface area (Å²) in [6, 6.07) is 9.03. The molecule has 1 aliphatic rings. The van der Waals surface area contributed by atoms with E-state index in [1.165, 1.54) is 0 Å². The summed E-state index contributed by atoms with van der Waals surface area (Å²) in [7, 11) is 0. The Balaban J connectivity index is 1.77. The molecule has 0 saturated carbocycles. The number of piperidine rings is 1. The van der Waals surface area contributed by atoms with Crippen LogP contribution in [0.5, 0.6) is 0 Å². The fraction of sp³-hybridized carbons (Fsp3) is 0.526. The zero-order valence-corrected chi connectivity index (χ0v) is 15.4. The Hall–Kier alpha value is -2.57. The van der Waals surface area contributed by atoms with Crippen molar-refractivity contribution in [2.24, 2.45) is 5.92 Å². The van der Waals surface area contributed by atoms with Gasteiger partial charge in [0.25, 0.3) is 0 Å². The highest BCUT2D eigenvalue weighted by Gasteiger charge is 2.28. The van der Waals surface area contributed by atoms with Crippen molar-refractivity contribution in [3.63, 3.8) is 0 Å². The molecule has 1 aliphatic heterocycles. The van der Waals surface area contributed by atoms with Crippen LogP contribution < -0.4 is 10.6 Å². The SMILES string of the molecule is CC(C)OC(=O)CCNC(=O)[C@@H]1CCCN(C(=O)Nc2ccccc2)C1. The Bertz CT molecular complexity index is 618. The maximum atomic E-state index is 12.4. The number of amides is 3. The number of rotatable bonds is 6. The maximum absolute atomic E-state index is 12.4. The first-order valence-corrected chi connectivity index (χ1v) is 9.04. The molecule has 0 aliphatic carbocycles. The van der Waals surface area contributed by atoms with Gasteiger partial charge in [0.2, 0.25) is 5.91 Å². The van der Waals surface area contributed by atoms with Gasteiger partial charge in [-0.1, -0.05) is 18.2 Å². The van der Waals surface area contributed by atoms with Crippen LogP contribution >= 0.6 is 0 Å². The highest BCUT2D eigenvalue weighted by molar-refractivity contribution is 5.90. The van der Waals surface area contributed by atoms with E-state index in [-0.39, 0.29) is 42.9 Å². The molecule has 142 valence electrons. The van der Waals surface area contributed by atoms with E-state index in [2.05, 4.69) is 10.6 Å². The molecule has 3 amide bonds. The van der Waals surface area contributed by atoms with Gasteiger partial charge in [0.05, 0.1) is 18.4 Å². The molecule has 7 heteroatoms. The van der Waals surface area contributed by atoms with E-state index in [4.69, 9.17) is 4.74 Å². The van der Waals surface area contributed by atoms with Crippen molar-refractivity contribution in [3.05, 3.63) is 30.3 Å². The molecular formula is C19H27N3O4.